The molecule has 1 heterocycles. The van der Waals surface area contributed by atoms with Crippen LogP contribution in [0.1, 0.15) is 22.5 Å². The summed E-state index contributed by atoms with van der Waals surface area (Å²) in [5, 5.41) is 10.9. The summed E-state index contributed by atoms with van der Waals surface area (Å²) in [4.78, 5) is 4.19. The summed E-state index contributed by atoms with van der Waals surface area (Å²) in [6.45, 7) is 5.39. The fourth-order valence-corrected chi connectivity index (χ4v) is 2.54. The monoisotopic (exact) mass is 317 g/mol. The van der Waals surface area contributed by atoms with Crippen molar-refractivity contribution in [1.29, 1.82) is 0 Å². The van der Waals surface area contributed by atoms with Gasteiger partial charge in [-0.05, 0) is 43.5 Å². The van der Waals surface area contributed by atoms with Crippen molar-refractivity contribution in [3.05, 3.63) is 52.6 Å². The zero-order valence-corrected chi connectivity index (χ0v) is 14.2. The lowest BCUT2D eigenvalue weighted by atomic mass is 10.1. The molecule has 2 N–H and O–H groups in total. The minimum atomic E-state index is -0.227. The minimum absolute atomic E-state index is 0.227. The summed E-state index contributed by atoms with van der Waals surface area (Å²) >= 11 is 0. The molecule has 124 valence electrons. The van der Waals surface area contributed by atoms with Gasteiger partial charge in [0, 0.05) is 32.9 Å². The molecule has 0 unspecified atom stereocenters. The molecule has 0 aliphatic carbocycles. The molecule has 0 saturated carbocycles. The molecular formula is C17H24FN5. The quantitative estimate of drug-likeness (QED) is 0.656. The molecule has 6 heteroatoms. The molecule has 2 aromatic rings. The third kappa shape index (κ3) is 4.55. The van der Waals surface area contributed by atoms with Crippen LogP contribution in [0.25, 0.3) is 0 Å². The predicted molar refractivity (Wildman–Crippen MR) is 91.0 cm³/mol. The van der Waals surface area contributed by atoms with Crippen molar-refractivity contribution >= 4 is 5.96 Å². The van der Waals surface area contributed by atoms with Crippen LogP contribution < -0.4 is 10.6 Å². The molecule has 23 heavy (non-hydrogen) atoms. The SMILES string of the molecule is CN=C(NCCc1c(C)nn(C)c1C)NCc1cccc(F)c1. The second-order valence-electron chi connectivity index (χ2n) is 5.51. The number of aliphatic imine (C=N–C) groups is 1. The maximum absolute atomic E-state index is 13.2. The molecule has 0 amide bonds. The minimum Gasteiger partial charge on any atom is -0.356 e. The molecular weight excluding hydrogens is 293 g/mol. The first-order valence-electron chi connectivity index (χ1n) is 7.69. The number of hydrogen-bond acceptors (Lipinski definition) is 2. The van der Waals surface area contributed by atoms with Crippen LogP contribution >= 0.6 is 0 Å². The van der Waals surface area contributed by atoms with Crippen molar-refractivity contribution in [3.8, 4) is 0 Å². The number of aryl methyl sites for hydroxylation is 2. The van der Waals surface area contributed by atoms with Crippen molar-refractivity contribution in [1.82, 2.24) is 20.4 Å². The Balaban J connectivity index is 1.83. The van der Waals surface area contributed by atoms with Crippen LogP contribution in [0.5, 0.6) is 0 Å². The topological polar surface area (TPSA) is 54.2 Å². The van der Waals surface area contributed by atoms with Crippen LogP contribution in [0.3, 0.4) is 0 Å². The summed E-state index contributed by atoms with van der Waals surface area (Å²) < 4.78 is 15.1. The van der Waals surface area contributed by atoms with E-state index in [2.05, 4.69) is 27.6 Å². The van der Waals surface area contributed by atoms with E-state index in [-0.39, 0.29) is 5.82 Å². The van der Waals surface area contributed by atoms with Crippen LogP contribution in [0.4, 0.5) is 4.39 Å². The second-order valence-corrected chi connectivity index (χ2v) is 5.51. The van der Waals surface area contributed by atoms with E-state index >= 15 is 0 Å². The van der Waals surface area contributed by atoms with Crippen LogP contribution in [-0.2, 0) is 20.0 Å². The first-order valence-corrected chi connectivity index (χ1v) is 7.69. The van der Waals surface area contributed by atoms with Crippen LogP contribution in [-0.4, -0.2) is 29.3 Å². The molecule has 2 rings (SSSR count). The molecule has 5 nitrogen and oxygen atoms in total. The lowest BCUT2D eigenvalue weighted by Gasteiger charge is -2.12. The normalized spacial score (nSPS) is 11.6. The number of benzene rings is 1. The lowest BCUT2D eigenvalue weighted by Crippen LogP contribution is -2.37. The molecule has 1 aromatic carbocycles. The predicted octanol–water partition coefficient (Wildman–Crippen LogP) is 2.08. The lowest BCUT2D eigenvalue weighted by molar-refractivity contribution is 0.624. The Bertz CT molecular complexity index is 690. The van der Waals surface area contributed by atoms with Crippen molar-refractivity contribution < 1.29 is 4.39 Å². The molecule has 0 radical (unpaired) electrons. The van der Waals surface area contributed by atoms with Crippen molar-refractivity contribution in [2.24, 2.45) is 12.0 Å². The highest BCUT2D eigenvalue weighted by Gasteiger charge is 2.09. The standard InChI is InChI=1S/C17H24FN5/c1-12-16(13(2)23(4)22-12)8-9-20-17(19-3)21-11-14-6-5-7-15(18)10-14/h5-7,10H,8-9,11H2,1-4H3,(H2,19,20,21). The highest BCUT2D eigenvalue weighted by Crippen LogP contribution is 2.11. The summed E-state index contributed by atoms with van der Waals surface area (Å²) in [5.74, 6) is 0.475. The molecule has 0 spiro atoms. The van der Waals surface area contributed by atoms with E-state index in [0.717, 1.165) is 24.2 Å². The number of rotatable bonds is 5. The summed E-state index contributed by atoms with van der Waals surface area (Å²) in [6, 6.07) is 6.54. The van der Waals surface area contributed by atoms with Gasteiger partial charge in [-0.3, -0.25) is 9.67 Å². The average molecular weight is 317 g/mol. The maximum atomic E-state index is 13.2. The van der Waals surface area contributed by atoms with Gasteiger partial charge in [0.15, 0.2) is 5.96 Å². The number of hydrogen-bond donors (Lipinski definition) is 2. The van der Waals surface area contributed by atoms with Crippen molar-refractivity contribution in [3.63, 3.8) is 0 Å². The third-order valence-corrected chi connectivity index (χ3v) is 3.90. The average Bonchev–Trinajstić information content (AvgIpc) is 2.76. The summed E-state index contributed by atoms with van der Waals surface area (Å²) in [5.41, 5.74) is 4.40. The Labute approximate surface area is 136 Å². The van der Waals surface area contributed by atoms with Gasteiger partial charge in [-0.2, -0.15) is 5.10 Å². The fraction of sp³-hybridized carbons (Fsp3) is 0.412. The van der Waals surface area contributed by atoms with Gasteiger partial charge in [0.05, 0.1) is 5.69 Å². The highest BCUT2D eigenvalue weighted by molar-refractivity contribution is 5.79. The smallest absolute Gasteiger partial charge is 0.191 e. The van der Waals surface area contributed by atoms with Gasteiger partial charge in [0.1, 0.15) is 5.82 Å². The maximum Gasteiger partial charge on any atom is 0.191 e. The van der Waals surface area contributed by atoms with Gasteiger partial charge >= 0.3 is 0 Å². The van der Waals surface area contributed by atoms with E-state index in [0.29, 0.717) is 12.5 Å². The largest absolute Gasteiger partial charge is 0.356 e. The number of guanidine groups is 1. The number of halogens is 1. The van der Waals surface area contributed by atoms with Gasteiger partial charge in [-0.15, -0.1) is 0 Å². The van der Waals surface area contributed by atoms with Crippen LogP contribution in [0.2, 0.25) is 0 Å². The third-order valence-electron chi connectivity index (χ3n) is 3.90. The summed E-state index contributed by atoms with van der Waals surface area (Å²) in [6.07, 6.45) is 0.881. The van der Waals surface area contributed by atoms with E-state index in [9.17, 15) is 4.39 Å². The molecule has 0 aliphatic rings. The van der Waals surface area contributed by atoms with E-state index in [1.54, 1.807) is 13.1 Å². The Morgan fingerprint density at radius 1 is 1.30 bits per heavy atom. The molecule has 0 bridgehead atoms. The molecule has 0 aliphatic heterocycles. The fourth-order valence-electron chi connectivity index (χ4n) is 2.54. The Morgan fingerprint density at radius 2 is 2.09 bits per heavy atom. The Hall–Kier alpha value is -2.37. The Kier molecular flexibility index (Phi) is 5.73. The first kappa shape index (κ1) is 17.0. The van der Waals surface area contributed by atoms with Gasteiger partial charge in [-0.25, -0.2) is 4.39 Å². The molecule has 0 saturated heterocycles. The van der Waals surface area contributed by atoms with E-state index in [4.69, 9.17) is 0 Å². The van der Waals surface area contributed by atoms with Crippen molar-refractivity contribution in [2.75, 3.05) is 13.6 Å². The number of aromatic nitrogens is 2. The number of nitrogens with one attached hydrogen (secondary N) is 2. The molecule has 0 atom stereocenters. The Morgan fingerprint density at radius 3 is 2.70 bits per heavy atom. The zero-order valence-electron chi connectivity index (χ0n) is 14.2. The summed E-state index contributed by atoms with van der Waals surface area (Å²) in [7, 11) is 3.68. The molecule has 1 aromatic heterocycles. The van der Waals surface area contributed by atoms with E-state index in [1.807, 2.05) is 24.7 Å². The van der Waals surface area contributed by atoms with Gasteiger partial charge < -0.3 is 10.6 Å². The van der Waals surface area contributed by atoms with Crippen molar-refractivity contribution in [2.45, 2.75) is 26.8 Å². The van der Waals surface area contributed by atoms with Crippen LogP contribution in [0, 0.1) is 19.7 Å². The van der Waals surface area contributed by atoms with Gasteiger partial charge in [0.25, 0.3) is 0 Å². The van der Waals surface area contributed by atoms with Gasteiger partial charge in [-0.1, -0.05) is 12.1 Å². The zero-order chi connectivity index (χ0) is 16.8. The van der Waals surface area contributed by atoms with E-state index in [1.165, 1.54) is 23.4 Å². The molecule has 0 fully saturated rings. The number of nitrogens with zero attached hydrogens (tertiary/aromatic N) is 3. The highest BCUT2D eigenvalue weighted by atomic mass is 19.1. The first-order chi connectivity index (χ1) is 11.0. The van der Waals surface area contributed by atoms with Crippen LogP contribution in [0.15, 0.2) is 29.3 Å². The van der Waals surface area contributed by atoms with Gasteiger partial charge in [0.2, 0.25) is 0 Å². The van der Waals surface area contributed by atoms with E-state index < -0.39 is 0 Å². The second kappa shape index (κ2) is 7.76.